The third-order valence-electron chi connectivity index (χ3n) is 3.86. The van der Waals surface area contributed by atoms with E-state index in [0.29, 0.717) is 21.9 Å². The van der Waals surface area contributed by atoms with E-state index in [1.807, 2.05) is 0 Å². The molecule has 2 atom stereocenters. The summed E-state index contributed by atoms with van der Waals surface area (Å²) in [5.41, 5.74) is 2.11. The van der Waals surface area contributed by atoms with Crippen LogP contribution in [0.3, 0.4) is 0 Å². The van der Waals surface area contributed by atoms with Crippen molar-refractivity contribution in [1.82, 2.24) is 0 Å². The lowest BCUT2D eigenvalue weighted by molar-refractivity contribution is -0.138. The maximum atomic E-state index is 12.2. The summed E-state index contributed by atoms with van der Waals surface area (Å²) in [5.74, 6) is -1.99. The van der Waals surface area contributed by atoms with Gasteiger partial charge >= 0.3 is 11.9 Å². The maximum Gasteiger partial charge on any atom is 0.323 e. The van der Waals surface area contributed by atoms with E-state index in [0.717, 1.165) is 5.56 Å². The second-order valence-corrected chi connectivity index (χ2v) is 5.70. The first-order chi connectivity index (χ1) is 10.5. The number of hydrogen-bond acceptors (Lipinski definition) is 3. The maximum absolute atomic E-state index is 12.2. The lowest BCUT2D eigenvalue weighted by atomic mass is 9.89. The Morgan fingerprint density at radius 2 is 1.91 bits per heavy atom. The summed E-state index contributed by atoms with van der Waals surface area (Å²) in [5, 5.41) is 9.72. The van der Waals surface area contributed by atoms with Crippen molar-refractivity contribution in [3.63, 3.8) is 0 Å². The number of carboxylic acids is 1. The summed E-state index contributed by atoms with van der Waals surface area (Å²) in [6.45, 7) is 1.61. The van der Waals surface area contributed by atoms with E-state index in [-0.39, 0.29) is 5.97 Å². The van der Waals surface area contributed by atoms with Gasteiger partial charge in [-0.15, -0.1) is 0 Å². The van der Waals surface area contributed by atoms with Crippen LogP contribution in [0.15, 0.2) is 42.5 Å². The van der Waals surface area contributed by atoms with Crippen LogP contribution in [0.4, 0.5) is 0 Å². The number of halogens is 1. The summed E-state index contributed by atoms with van der Waals surface area (Å²) in [6.07, 6.45) is 0. The molecule has 0 aromatic heterocycles. The minimum atomic E-state index is -0.909. The van der Waals surface area contributed by atoms with Crippen molar-refractivity contribution in [2.45, 2.75) is 18.8 Å². The molecule has 1 heterocycles. The normalized spacial score (nSPS) is 17.7. The number of hydrogen-bond donors (Lipinski definition) is 1. The number of aliphatic carboxylic acids is 1. The van der Waals surface area contributed by atoms with Gasteiger partial charge in [-0.25, -0.2) is 0 Å². The highest BCUT2D eigenvalue weighted by molar-refractivity contribution is 6.30. The summed E-state index contributed by atoms with van der Waals surface area (Å²) in [4.78, 5) is 23.3. The number of carboxylic acid groups (broad SMARTS) is 1. The van der Waals surface area contributed by atoms with Crippen LogP contribution in [0.1, 0.15) is 35.4 Å². The van der Waals surface area contributed by atoms with Crippen molar-refractivity contribution in [2.24, 2.45) is 0 Å². The first-order valence-electron chi connectivity index (χ1n) is 6.81. The fraction of sp³-hybridized carbons (Fsp3) is 0.176. The van der Waals surface area contributed by atoms with E-state index >= 15 is 0 Å². The lowest BCUT2D eigenvalue weighted by Gasteiger charge is -2.11. The highest BCUT2D eigenvalue weighted by Gasteiger charge is 2.35. The molecule has 0 aliphatic carbocycles. The van der Waals surface area contributed by atoms with Crippen molar-refractivity contribution in [2.75, 3.05) is 0 Å². The number of ether oxygens (including phenoxy) is 1. The summed E-state index contributed by atoms with van der Waals surface area (Å²) < 4.78 is 5.28. The SMILES string of the molecule is CC(C(=O)O)c1ccc2c(c1)C(c1ccc(Cl)cc1)C(=O)O2. The van der Waals surface area contributed by atoms with Gasteiger partial charge in [-0.3, -0.25) is 9.59 Å². The summed E-state index contributed by atoms with van der Waals surface area (Å²) in [7, 11) is 0. The fourth-order valence-corrected chi connectivity index (χ4v) is 2.69. The second kappa shape index (κ2) is 5.46. The van der Waals surface area contributed by atoms with Gasteiger partial charge in [-0.1, -0.05) is 35.9 Å². The van der Waals surface area contributed by atoms with Crippen LogP contribution in [0.2, 0.25) is 5.02 Å². The quantitative estimate of drug-likeness (QED) is 0.694. The third kappa shape index (κ3) is 2.46. The number of carbonyl (C=O) groups excluding carboxylic acids is 1. The molecule has 0 bridgehead atoms. The van der Waals surface area contributed by atoms with Crippen LogP contribution in [0.25, 0.3) is 0 Å². The molecule has 0 saturated carbocycles. The van der Waals surface area contributed by atoms with E-state index in [1.54, 1.807) is 49.4 Å². The first-order valence-corrected chi connectivity index (χ1v) is 7.19. The largest absolute Gasteiger partial charge is 0.481 e. The van der Waals surface area contributed by atoms with Gasteiger partial charge in [0.05, 0.1) is 5.92 Å². The number of rotatable bonds is 3. The van der Waals surface area contributed by atoms with Crippen LogP contribution in [0.5, 0.6) is 5.75 Å². The second-order valence-electron chi connectivity index (χ2n) is 5.26. The Balaban J connectivity index is 2.05. The van der Waals surface area contributed by atoms with Gasteiger partial charge in [-0.2, -0.15) is 0 Å². The molecule has 22 heavy (non-hydrogen) atoms. The molecule has 5 heteroatoms. The Bertz CT molecular complexity index is 752. The smallest absolute Gasteiger partial charge is 0.323 e. The molecular formula is C17H13ClO4. The van der Waals surface area contributed by atoms with E-state index in [2.05, 4.69) is 0 Å². The van der Waals surface area contributed by atoms with Crippen molar-refractivity contribution >= 4 is 23.5 Å². The standard InChI is InChI=1S/C17H13ClO4/c1-9(16(19)20)11-4-7-14-13(8-11)15(17(21)22-14)10-2-5-12(18)6-3-10/h2-9,15H,1H3,(H,19,20). The molecule has 0 fully saturated rings. The van der Waals surface area contributed by atoms with Crippen LogP contribution < -0.4 is 4.74 Å². The zero-order chi connectivity index (χ0) is 15.9. The molecule has 1 aliphatic heterocycles. The van der Waals surface area contributed by atoms with Crippen LogP contribution in [0, 0.1) is 0 Å². The fourth-order valence-electron chi connectivity index (χ4n) is 2.56. The number of esters is 1. The van der Waals surface area contributed by atoms with Crippen molar-refractivity contribution in [1.29, 1.82) is 0 Å². The molecule has 0 radical (unpaired) electrons. The Hall–Kier alpha value is -2.33. The van der Waals surface area contributed by atoms with Gasteiger partial charge in [0, 0.05) is 10.6 Å². The van der Waals surface area contributed by atoms with Gasteiger partial charge in [0.25, 0.3) is 0 Å². The molecule has 112 valence electrons. The minimum Gasteiger partial charge on any atom is -0.481 e. The van der Waals surface area contributed by atoms with Gasteiger partial charge < -0.3 is 9.84 Å². The van der Waals surface area contributed by atoms with Gasteiger partial charge in [0.1, 0.15) is 11.7 Å². The molecule has 0 saturated heterocycles. The number of fused-ring (bicyclic) bond motifs is 1. The molecule has 1 aliphatic rings. The van der Waals surface area contributed by atoms with Gasteiger partial charge in [-0.05, 0) is 36.2 Å². The van der Waals surface area contributed by atoms with Crippen LogP contribution in [-0.4, -0.2) is 17.0 Å². The zero-order valence-corrected chi connectivity index (χ0v) is 12.5. The minimum absolute atomic E-state index is 0.363. The predicted molar refractivity (Wildman–Crippen MR) is 81.4 cm³/mol. The third-order valence-corrected chi connectivity index (χ3v) is 4.12. The van der Waals surface area contributed by atoms with Crippen molar-refractivity contribution in [3.05, 3.63) is 64.2 Å². The van der Waals surface area contributed by atoms with Gasteiger partial charge in [0.2, 0.25) is 0 Å². The average Bonchev–Trinajstić information content (AvgIpc) is 2.82. The highest BCUT2D eigenvalue weighted by atomic mass is 35.5. The van der Waals surface area contributed by atoms with E-state index in [1.165, 1.54) is 0 Å². The van der Waals surface area contributed by atoms with E-state index in [9.17, 15) is 9.59 Å². The topological polar surface area (TPSA) is 63.6 Å². The molecule has 4 nitrogen and oxygen atoms in total. The molecule has 0 spiro atoms. The number of benzene rings is 2. The van der Waals surface area contributed by atoms with E-state index < -0.39 is 17.8 Å². The lowest BCUT2D eigenvalue weighted by Crippen LogP contribution is -2.11. The Labute approximate surface area is 132 Å². The summed E-state index contributed by atoms with van der Waals surface area (Å²) >= 11 is 5.88. The molecular weight excluding hydrogens is 304 g/mol. The number of carbonyl (C=O) groups is 2. The van der Waals surface area contributed by atoms with Crippen molar-refractivity contribution < 1.29 is 19.4 Å². The average molecular weight is 317 g/mol. The first kappa shape index (κ1) is 14.6. The Kier molecular flexibility index (Phi) is 3.62. The molecule has 2 aromatic rings. The Morgan fingerprint density at radius 1 is 1.23 bits per heavy atom. The van der Waals surface area contributed by atoms with Crippen LogP contribution >= 0.6 is 11.6 Å². The van der Waals surface area contributed by atoms with Crippen molar-refractivity contribution in [3.8, 4) is 5.75 Å². The molecule has 2 aromatic carbocycles. The van der Waals surface area contributed by atoms with Gasteiger partial charge in [0.15, 0.2) is 0 Å². The Morgan fingerprint density at radius 3 is 2.55 bits per heavy atom. The summed E-state index contributed by atoms with van der Waals surface area (Å²) in [6, 6.07) is 12.0. The molecule has 0 amide bonds. The van der Waals surface area contributed by atoms with Crippen LogP contribution in [-0.2, 0) is 9.59 Å². The monoisotopic (exact) mass is 316 g/mol. The molecule has 1 N–H and O–H groups in total. The molecule has 2 unspecified atom stereocenters. The predicted octanol–water partition coefficient (Wildman–Crippen LogP) is 3.58. The highest BCUT2D eigenvalue weighted by Crippen LogP contribution is 2.40. The van der Waals surface area contributed by atoms with E-state index in [4.69, 9.17) is 21.4 Å². The zero-order valence-electron chi connectivity index (χ0n) is 11.7. The molecule has 3 rings (SSSR count).